The van der Waals surface area contributed by atoms with Gasteiger partial charge in [0.2, 0.25) is 0 Å². The number of ether oxygens (including phenoxy) is 3. The molecule has 1 N–H and O–H groups in total. The summed E-state index contributed by atoms with van der Waals surface area (Å²) in [6.07, 6.45) is 4.62. The molecule has 0 saturated carbocycles. The van der Waals surface area contributed by atoms with Gasteiger partial charge in [-0.3, -0.25) is 0 Å². The predicted molar refractivity (Wildman–Crippen MR) is 89.4 cm³/mol. The number of methoxy groups -OCH3 is 2. The van der Waals surface area contributed by atoms with Crippen molar-refractivity contribution in [2.75, 3.05) is 39.7 Å². The molecule has 1 aliphatic rings. The molecule has 2 amide bonds. The molecule has 1 heterocycles. The summed E-state index contributed by atoms with van der Waals surface area (Å²) >= 11 is 0. The second-order valence-electron chi connectivity index (χ2n) is 5.70. The van der Waals surface area contributed by atoms with E-state index >= 15 is 0 Å². The first-order valence-electron chi connectivity index (χ1n) is 7.99. The highest BCUT2D eigenvalue weighted by molar-refractivity contribution is 5.89. The fraction of sp³-hybridized carbons (Fsp3) is 0.588. The zero-order chi connectivity index (χ0) is 16.7. The molecule has 0 radical (unpaired) electrons. The van der Waals surface area contributed by atoms with Crippen molar-refractivity contribution in [3.05, 3.63) is 18.2 Å². The lowest BCUT2D eigenvalue weighted by molar-refractivity contribution is 0.101. The van der Waals surface area contributed by atoms with Crippen LogP contribution in [0.3, 0.4) is 0 Å². The number of anilines is 1. The van der Waals surface area contributed by atoms with Crippen LogP contribution in [0.2, 0.25) is 0 Å². The van der Waals surface area contributed by atoms with E-state index in [2.05, 4.69) is 5.32 Å². The molecule has 1 fully saturated rings. The lowest BCUT2D eigenvalue weighted by Gasteiger charge is -2.19. The van der Waals surface area contributed by atoms with E-state index in [0.717, 1.165) is 32.3 Å². The smallest absolute Gasteiger partial charge is 0.321 e. The maximum Gasteiger partial charge on any atom is 0.321 e. The van der Waals surface area contributed by atoms with Gasteiger partial charge in [-0.05, 0) is 37.8 Å². The Morgan fingerprint density at radius 2 is 2.13 bits per heavy atom. The Hall–Kier alpha value is -1.95. The van der Waals surface area contributed by atoms with Crippen molar-refractivity contribution in [2.24, 2.45) is 0 Å². The van der Waals surface area contributed by atoms with E-state index < -0.39 is 0 Å². The molecule has 1 saturated heterocycles. The first-order valence-corrected chi connectivity index (χ1v) is 7.99. The predicted octanol–water partition coefficient (Wildman–Crippen LogP) is 3.13. The molecular weight excluding hydrogens is 296 g/mol. The highest BCUT2D eigenvalue weighted by Crippen LogP contribution is 2.29. The summed E-state index contributed by atoms with van der Waals surface area (Å²) < 4.78 is 16.0. The van der Waals surface area contributed by atoms with Gasteiger partial charge in [0.15, 0.2) is 11.5 Å². The van der Waals surface area contributed by atoms with Crippen LogP contribution < -0.4 is 14.8 Å². The van der Waals surface area contributed by atoms with Crippen LogP contribution in [-0.4, -0.2) is 51.5 Å². The molecule has 1 unspecified atom stereocenters. The third-order valence-electron chi connectivity index (χ3n) is 4.03. The fourth-order valence-corrected chi connectivity index (χ4v) is 2.66. The molecule has 6 nitrogen and oxygen atoms in total. The van der Waals surface area contributed by atoms with E-state index in [9.17, 15) is 4.79 Å². The highest BCUT2D eigenvalue weighted by atomic mass is 16.5. The summed E-state index contributed by atoms with van der Waals surface area (Å²) in [5.41, 5.74) is 0.679. The van der Waals surface area contributed by atoms with Crippen LogP contribution >= 0.6 is 0 Å². The number of carbonyl (C=O) groups is 1. The molecule has 0 spiro atoms. The van der Waals surface area contributed by atoms with Gasteiger partial charge in [-0.15, -0.1) is 0 Å². The second-order valence-corrected chi connectivity index (χ2v) is 5.70. The lowest BCUT2D eigenvalue weighted by Crippen LogP contribution is -2.32. The van der Waals surface area contributed by atoms with Crippen LogP contribution in [0.4, 0.5) is 10.5 Å². The molecular formula is C17H26N2O4. The van der Waals surface area contributed by atoms with E-state index in [0.29, 0.717) is 29.8 Å². The average molecular weight is 322 g/mol. The lowest BCUT2D eigenvalue weighted by atomic mass is 10.1. The molecule has 6 heteroatoms. The van der Waals surface area contributed by atoms with Gasteiger partial charge in [0, 0.05) is 32.0 Å². The van der Waals surface area contributed by atoms with Gasteiger partial charge in [0.25, 0.3) is 0 Å². The minimum absolute atomic E-state index is 0.135. The minimum atomic E-state index is -0.135. The number of hydrogen-bond donors (Lipinski definition) is 1. The summed E-state index contributed by atoms with van der Waals surface area (Å²) in [6.45, 7) is 1.58. The summed E-state index contributed by atoms with van der Waals surface area (Å²) in [6, 6.07) is 5.17. The Labute approximate surface area is 137 Å². The maximum atomic E-state index is 12.2. The summed E-state index contributed by atoms with van der Waals surface area (Å²) in [5.74, 6) is 1.22. The number of nitrogens with one attached hydrogen (secondary N) is 1. The number of carbonyl (C=O) groups excluding carboxylic acids is 1. The van der Waals surface area contributed by atoms with Crippen molar-refractivity contribution >= 4 is 11.7 Å². The maximum absolute atomic E-state index is 12.2. The number of amides is 2. The molecule has 1 aromatic carbocycles. The molecule has 1 aromatic rings. The first kappa shape index (κ1) is 17.4. The van der Waals surface area contributed by atoms with Gasteiger partial charge in [0.05, 0.1) is 20.3 Å². The Kier molecular flexibility index (Phi) is 6.52. The van der Waals surface area contributed by atoms with E-state index in [1.54, 1.807) is 44.4 Å². The Morgan fingerprint density at radius 1 is 1.35 bits per heavy atom. The van der Waals surface area contributed by atoms with E-state index in [1.165, 1.54) is 0 Å². The van der Waals surface area contributed by atoms with Crippen LogP contribution in [0.25, 0.3) is 0 Å². The molecule has 1 atom stereocenters. The monoisotopic (exact) mass is 322 g/mol. The van der Waals surface area contributed by atoms with Crippen molar-refractivity contribution in [1.29, 1.82) is 0 Å². The highest BCUT2D eigenvalue weighted by Gasteiger charge is 2.16. The van der Waals surface area contributed by atoms with Crippen LogP contribution in [0, 0.1) is 0 Å². The van der Waals surface area contributed by atoms with Crippen LogP contribution in [-0.2, 0) is 4.74 Å². The molecule has 2 rings (SSSR count). The third kappa shape index (κ3) is 5.03. The van der Waals surface area contributed by atoms with Crippen molar-refractivity contribution in [3.8, 4) is 11.5 Å². The van der Waals surface area contributed by atoms with Gasteiger partial charge < -0.3 is 24.4 Å². The number of rotatable bonds is 7. The number of urea groups is 1. The SMILES string of the molecule is COc1ccc(NC(=O)N(C)CCCC2CCCO2)cc1OC. The standard InChI is InChI=1S/C17H26N2O4/c1-19(10-4-6-14-7-5-11-23-14)17(20)18-13-8-9-15(21-2)16(12-13)22-3/h8-9,12,14H,4-7,10-11H2,1-3H3,(H,18,20). The second kappa shape index (κ2) is 8.62. The van der Waals surface area contributed by atoms with E-state index in [-0.39, 0.29) is 6.03 Å². The molecule has 1 aliphatic heterocycles. The fourth-order valence-electron chi connectivity index (χ4n) is 2.66. The van der Waals surface area contributed by atoms with Crippen molar-refractivity contribution in [2.45, 2.75) is 31.8 Å². The minimum Gasteiger partial charge on any atom is -0.493 e. The zero-order valence-corrected chi connectivity index (χ0v) is 14.1. The molecule has 23 heavy (non-hydrogen) atoms. The summed E-state index contributed by atoms with van der Waals surface area (Å²) in [4.78, 5) is 13.9. The van der Waals surface area contributed by atoms with Crippen molar-refractivity contribution in [3.63, 3.8) is 0 Å². The number of hydrogen-bond acceptors (Lipinski definition) is 4. The Balaban J connectivity index is 1.80. The van der Waals surface area contributed by atoms with E-state index in [4.69, 9.17) is 14.2 Å². The van der Waals surface area contributed by atoms with Crippen LogP contribution in [0.15, 0.2) is 18.2 Å². The molecule has 128 valence electrons. The number of nitrogens with zero attached hydrogens (tertiary/aromatic N) is 1. The van der Waals surface area contributed by atoms with Gasteiger partial charge >= 0.3 is 6.03 Å². The van der Waals surface area contributed by atoms with Crippen molar-refractivity contribution < 1.29 is 19.0 Å². The Morgan fingerprint density at radius 3 is 2.78 bits per heavy atom. The zero-order valence-electron chi connectivity index (χ0n) is 14.1. The first-order chi connectivity index (χ1) is 11.1. The average Bonchev–Trinajstić information content (AvgIpc) is 3.07. The van der Waals surface area contributed by atoms with E-state index in [1.807, 2.05) is 0 Å². The third-order valence-corrected chi connectivity index (χ3v) is 4.03. The van der Waals surface area contributed by atoms with Crippen LogP contribution in [0.5, 0.6) is 11.5 Å². The largest absolute Gasteiger partial charge is 0.493 e. The topological polar surface area (TPSA) is 60.0 Å². The quantitative estimate of drug-likeness (QED) is 0.838. The summed E-state index contributed by atoms with van der Waals surface area (Å²) in [5, 5.41) is 2.87. The van der Waals surface area contributed by atoms with Crippen LogP contribution in [0.1, 0.15) is 25.7 Å². The molecule has 0 aliphatic carbocycles. The van der Waals surface area contributed by atoms with Gasteiger partial charge in [0.1, 0.15) is 0 Å². The normalized spacial score (nSPS) is 16.9. The summed E-state index contributed by atoms with van der Waals surface area (Å²) in [7, 11) is 4.95. The van der Waals surface area contributed by atoms with Crippen molar-refractivity contribution in [1.82, 2.24) is 4.90 Å². The van der Waals surface area contributed by atoms with Gasteiger partial charge in [-0.1, -0.05) is 0 Å². The number of benzene rings is 1. The van der Waals surface area contributed by atoms with Gasteiger partial charge in [-0.2, -0.15) is 0 Å². The Bertz CT molecular complexity index is 515. The molecule has 0 aromatic heterocycles. The molecule has 0 bridgehead atoms. The van der Waals surface area contributed by atoms with Gasteiger partial charge in [-0.25, -0.2) is 4.79 Å².